The summed E-state index contributed by atoms with van der Waals surface area (Å²) in [6, 6.07) is 2.67. The Kier molecular flexibility index (Phi) is 7.31. The molecule has 1 fully saturated rings. The van der Waals surface area contributed by atoms with E-state index >= 15 is 0 Å². The van der Waals surface area contributed by atoms with Gasteiger partial charge in [-0.3, -0.25) is 0 Å². The minimum Gasteiger partial charge on any atom is -0.206 e. The Morgan fingerprint density at radius 2 is 1.76 bits per heavy atom. The highest BCUT2D eigenvalue weighted by atomic mass is 19.3. The van der Waals surface area contributed by atoms with Gasteiger partial charge in [-0.15, -0.1) is 6.58 Å². The summed E-state index contributed by atoms with van der Waals surface area (Å²) in [6.45, 7) is 3.62. The first kappa shape index (κ1) is 19.3. The average molecular weight is 350 g/mol. The van der Waals surface area contributed by atoms with Crippen molar-refractivity contribution in [3.63, 3.8) is 0 Å². The van der Waals surface area contributed by atoms with E-state index < -0.39 is 17.7 Å². The molecule has 1 aromatic carbocycles. The lowest BCUT2D eigenvalue weighted by Crippen LogP contribution is -2.11. The van der Waals surface area contributed by atoms with E-state index in [1.807, 2.05) is 0 Å². The second-order valence-corrected chi connectivity index (χ2v) is 6.45. The lowest BCUT2D eigenvalue weighted by Gasteiger charge is -2.22. The van der Waals surface area contributed by atoms with Gasteiger partial charge in [-0.2, -0.15) is 8.78 Å². The highest BCUT2D eigenvalue weighted by molar-refractivity contribution is 5.39. The van der Waals surface area contributed by atoms with Gasteiger partial charge in [0.05, 0.1) is 5.56 Å². The zero-order valence-corrected chi connectivity index (χ0v) is 14.1. The van der Waals surface area contributed by atoms with Crippen LogP contribution >= 0.6 is 0 Å². The third-order valence-electron chi connectivity index (χ3n) is 4.51. The number of hydrogen-bond donors (Lipinski definition) is 0. The third kappa shape index (κ3) is 6.08. The molecule has 1 aliphatic carbocycles. The van der Waals surface area contributed by atoms with Crippen molar-refractivity contribution >= 4 is 0 Å². The van der Waals surface area contributed by atoms with E-state index in [1.165, 1.54) is 12.1 Å². The van der Waals surface area contributed by atoms with Gasteiger partial charge in [0.15, 0.2) is 0 Å². The fourth-order valence-corrected chi connectivity index (χ4v) is 3.12. The summed E-state index contributed by atoms with van der Waals surface area (Å²) >= 11 is 0. The molecule has 1 saturated carbocycles. The van der Waals surface area contributed by atoms with Crippen LogP contribution in [-0.2, 0) is 6.42 Å². The Morgan fingerprint density at radius 3 is 2.32 bits per heavy atom. The Labute approximate surface area is 146 Å². The molecule has 2 rings (SSSR count). The Morgan fingerprint density at radius 1 is 1.12 bits per heavy atom. The molecule has 0 N–H and O–H groups in total. The molecule has 0 heterocycles. The van der Waals surface area contributed by atoms with Crippen molar-refractivity contribution in [3.8, 4) is 11.8 Å². The first-order valence-corrected chi connectivity index (χ1v) is 8.62. The number of benzene rings is 1. The van der Waals surface area contributed by atoms with Gasteiger partial charge in [-0.1, -0.05) is 17.9 Å². The van der Waals surface area contributed by atoms with Gasteiger partial charge >= 0.3 is 0 Å². The first-order chi connectivity index (χ1) is 12.0. The van der Waals surface area contributed by atoms with Gasteiger partial charge in [-0.05, 0) is 74.6 Å². The monoisotopic (exact) mass is 350 g/mol. The van der Waals surface area contributed by atoms with E-state index in [4.69, 9.17) is 0 Å². The highest BCUT2D eigenvalue weighted by Crippen LogP contribution is 2.30. The number of aryl methyl sites for hydroxylation is 1. The summed E-state index contributed by atoms with van der Waals surface area (Å²) in [5.41, 5.74) is 0.409. The number of rotatable bonds is 5. The van der Waals surface area contributed by atoms with Crippen LogP contribution in [0.25, 0.3) is 0 Å². The quantitative estimate of drug-likeness (QED) is 0.249. The predicted molar refractivity (Wildman–Crippen MR) is 92.1 cm³/mol. The van der Waals surface area contributed by atoms with E-state index in [1.54, 1.807) is 6.08 Å². The van der Waals surface area contributed by atoms with Crippen LogP contribution in [0.3, 0.4) is 0 Å². The fourth-order valence-electron chi connectivity index (χ4n) is 3.12. The van der Waals surface area contributed by atoms with Crippen molar-refractivity contribution in [3.05, 3.63) is 59.7 Å². The summed E-state index contributed by atoms with van der Waals surface area (Å²) in [6.07, 6.45) is 5.91. The van der Waals surface area contributed by atoms with Crippen molar-refractivity contribution in [1.29, 1.82) is 0 Å². The van der Waals surface area contributed by atoms with E-state index in [-0.39, 0.29) is 17.4 Å². The van der Waals surface area contributed by atoms with Crippen LogP contribution in [0.15, 0.2) is 36.9 Å². The molecule has 0 aliphatic heterocycles. The van der Waals surface area contributed by atoms with Gasteiger partial charge in [-0.25, -0.2) is 8.78 Å². The summed E-state index contributed by atoms with van der Waals surface area (Å²) in [5.74, 6) is 4.13. The third-order valence-corrected chi connectivity index (χ3v) is 4.51. The van der Waals surface area contributed by atoms with Crippen LogP contribution < -0.4 is 0 Å². The van der Waals surface area contributed by atoms with Crippen LogP contribution in [0.1, 0.15) is 49.7 Å². The first-order valence-electron chi connectivity index (χ1n) is 8.62. The van der Waals surface area contributed by atoms with Gasteiger partial charge < -0.3 is 0 Å². The van der Waals surface area contributed by atoms with E-state index in [0.717, 1.165) is 18.9 Å². The Hall–Kier alpha value is -2.02. The van der Waals surface area contributed by atoms with Crippen LogP contribution in [0.2, 0.25) is 0 Å². The van der Waals surface area contributed by atoms with Gasteiger partial charge in [0.2, 0.25) is 0 Å². The molecule has 134 valence electrons. The van der Waals surface area contributed by atoms with Crippen LogP contribution in [-0.4, -0.2) is 0 Å². The van der Waals surface area contributed by atoms with Crippen LogP contribution in [0, 0.1) is 35.3 Å². The predicted octanol–water partition coefficient (Wildman–Crippen LogP) is 6.41. The molecule has 1 aliphatic rings. The number of unbranched alkanes of at least 4 members (excludes halogenated alkanes) is 1. The van der Waals surface area contributed by atoms with Crippen molar-refractivity contribution in [2.45, 2.75) is 44.9 Å². The molecule has 0 spiro atoms. The van der Waals surface area contributed by atoms with Gasteiger partial charge in [0.25, 0.3) is 6.08 Å². The molecule has 0 unspecified atom stereocenters. The van der Waals surface area contributed by atoms with Gasteiger partial charge in [0, 0.05) is 5.92 Å². The van der Waals surface area contributed by atoms with E-state index in [2.05, 4.69) is 18.4 Å². The smallest absolute Gasteiger partial charge is 0.206 e. The fraction of sp³-hybridized carbons (Fsp3) is 0.429. The minimum absolute atomic E-state index is 0.00149. The van der Waals surface area contributed by atoms with Crippen LogP contribution in [0.5, 0.6) is 0 Å². The molecule has 0 atom stereocenters. The molecule has 0 saturated heterocycles. The molecule has 0 aromatic heterocycles. The largest absolute Gasteiger partial charge is 0.266 e. The molecule has 1 aromatic rings. The number of halogens is 4. The second kappa shape index (κ2) is 9.46. The molecule has 4 heteroatoms. The zero-order valence-electron chi connectivity index (χ0n) is 14.1. The van der Waals surface area contributed by atoms with Crippen molar-refractivity contribution in [2.24, 2.45) is 11.8 Å². The van der Waals surface area contributed by atoms with Crippen LogP contribution in [0.4, 0.5) is 17.6 Å². The highest BCUT2D eigenvalue weighted by Gasteiger charge is 2.19. The average Bonchev–Trinajstić information content (AvgIpc) is 2.55. The molecule has 0 bridgehead atoms. The van der Waals surface area contributed by atoms with Crippen molar-refractivity contribution < 1.29 is 17.6 Å². The maximum absolute atomic E-state index is 14.1. The van der Waals surface area contributed by atoms with Crippen molar-refractivity contribution in [2.75, 3.05) is 0 Å². The minimum atomic E-state index is -1.65. The number of allylic oxidation sites excluding steroid dienone is 2. The molecule has 25 heavy (non-hydrogen) atoms. The molecular formula is C21H22F4. The van der Waals surface area contributed by atoms with E-state index in [0.29, 0.717) is 37.7 Å². The zero-order chi connectivity index (χ0) is 18.2. The Balaban J connectivity index is 2.00. The summed E-state index contributed by atoms with van der Waals surface area (Å²) in [5, 5.41) is 0. The molecule has 0 nitrogen and oxygen atoms in total. The number of hydrogen-bond acceptors (Lipinski definition) is 0. The summed E-state index contributed by atoms with van der Waals surface area (Å²) in [7, 11) is 0. The Bertz CT molecular complexity index is 659. The molecular weight excluding hydrogens is 328 g/mol. The van der Waals surface area contributed by atoms with Crippen molar-refractivity contribution in [1.82, 2.24) is 0 Å². The normalized spacial score (nSPS) is 19.7. The standard InChI is InChI=1S/C21H22F4/c1-2-3-4-5-17-12-19(22)18(20(23)13-17)11-10-15-6-8-16(9-7-15)14-21(24)25/h2,12-16H,1,3-9H2/t15-,16-. The lowest BCUT2D eigenvalue weighted by molar-refractivity contribution is 0.343. The maximum atomic E-state index is 14.1. The SMILES string of the molecule is C=CCCCc1cc(F)c(C#C[C@H]2CC[C@H](C=C(F)F)CC2)c(F)c1. The van der Waals surface area contributed by atoms with E-state index in [9.17, 15) is 17.6 Å². The topological polar surface area (TPSA) is 0 Å². The lowest BCUT2D eigenvalue weighted by atomic mass is 9.82. The molecule has 0 radical (unpaired) electrons. The maximum Gasteiger partial charge on any atom is 0.266 e. The summed E-state index contributed by atoms with van der Waals surface area (Å²) < 4.78 is 52.8. The second-order valence-electron chi connectivity index (χ2n) is 6.45. The van der Waals surface area contributed by atoms with Gasteiger partial charge in [0.1, 0.15) is 11.6 Å². The molecule has 0 amide bonds. The summed E-state index contributed by atoms with van der Waals surface area (Å²) in [4.78, 5) is 0.